The van der Waals surface area contributed by atoms with E-state index in [4.69, 9.17) is 12.2 Å². The third-order valence-corrected chi connectivity index (χ3v) is 3.41. The standard InChI is InChI=1S/C12H11FN2OS/c1-6-4-7(13)5-9-10(6)14-12(17)15(11(9)16)8-2-3-8/h4-5,8H,2-3H2,1H3,(H,14,17). The van der Waals surface area contributed by atoms with E-state index in [-0.39, 0.29) is 17.4 Å². The van der Waals surface area contributed by atoms with Gasteiger partial charge in [0.25, 0.3) is 5.56 Å². The molecule has 0 saturated heterocycles. The highest BCUT2D eigenvalue weighted by molar-refractivity contribution is 7.71. The molecule has 0 spiro atoms. The molecule has 17 heavy (non-hydrogen) atoms. The number of nitrogens with one attached hydrogen (secondary N) is 1. The normalized spacial score (nSPS) is 15.4. The van der Waals surface area contributed by atoms with Crippen LogP contribution in [0.15, 0.2) is 16.9 Å². The van der Waals surface area contributed by atoms with E-state index in [2.05, 4.69) is 4.98 Å². The Labute approximate surface area is 102 Å². The Morgan fingerprint density at radius 1 is 1.47 bits per heavy atom. The van der Waals surface area contributed by atoms with Crippen LogP contribution in [0.5, 0.6) is 0 Å². The lowest BCUT2D eigenvalue weighted by molar-refractivity contribution is 0.627. The molecule has 0 unspecified atom stereocenters. The predicted octanol–water partition coefficient (Wildman–Crippen LogP) is 2.84. The lowest BCUT2D eigenvalue weighted by atomic mass is 10.1. The summed E-state index contributed by atoms with van der Waals surface area (Å²) in [7, 11) is 0. The van der Waals surface area contributed by atoms with Crippen molar-refractivity contribution in [3.05, 3.63) is 38.6 Å². The molecule has 0 amide bonds. The fourth-order valence-electron chi connectivity index (χ4n) is 2.13. The smallest absolute Gasteiger partial charge is 0.262 e. The van der Waals surface area contributed by atoms with Gasteiger partial charge < -0.3 is 4.98 Å². The number of fused-ring (bicyclic) bond motifs is 1. The van der Waals surface area contributed by atoms with Crippen LogP contribution in [0, 0.1) is 17.5 Å². The van der Waals surface area contributed by atoms with E-state index < -0.39 is 0 Å². The van der Waals surface area contributed by atoms with Gasteiger partial charge in [-0.25, -0.2) is 4.39 Å². The number of hydrogen-bond acceptors (Lipinski definition) is 2. The Bertz CT molecular complexity index is 728. The number of halogens is 1. The summed E-state index contributed by atoms with van der Waals surface area (Å²) in [4.78, 5) is 15.3. The maximum absolute atomic E-state index is 13.3. The van der Waals surface area contributed by atoms with Gasteiger partial charge in [0.15, 0.2) is 4.77 Å². The van der Waals surface area contributed by atoms with Crippen molar-refractivity contribution in [2.75, 3.05) is 0 Å². The summed E-state index contributed by atoms with van der Waals surface area (Å²) < 4.78 is 15.3. The molecule has 2 aromatic rings. The van der Waals surface area contributed by atoms with Crippen LogP contribution in [-0.4, -0.2) is 9.55 Å². The number of hydrogen-bond donors (Lipinski definition) is 1. The minimum atomic E-state index is -0.389. The molecular formula is C12H11FN2OS. The van der Waals surface area contributed by atoms with Crippen molar-refractivity contribution in [2.24, 2.45) is 0 Å². The van der Waals surface area contributed by atoms with Crippen molar-refractivity contribution >= 4 is 23.1 Å². The van der Waals surface area contributed by atoms with E-state index >= 15 is 0 Å². The summed E-state index contributed by atoms with van der Waals surface area (Å²) >= 11 is 5.19. The van der Waals surface area contributed by atoms with Gasteiger partial charge in [0.1, 0.15) is 5.82 Å². The first kappa shape index (κ1) is 10.7. The van der Waals surface area contributed by atoms with Crippen LogP contribution in [0.1, 0.15) is 24.4 Å². The maximum Gasteiger partial charge on any atom is 0.262 e. The predicted molar refractivity (Wildman–Crippen MR) is 66.4 cm³/mol. The third kappa shape index (κ3) is 1.61. The van der Waals surface area contributed by atoms with E-state index in [9.17, 15) is 9.18 Å². The molecule has 88 valence electrons. The molecule has 1 aliphatic rings. The second-order valence-electron chi connectivity index (χ2n) is 4.48. The molecule has 1 aliphatic carbocycles. The van der Waals surface area contributed by atoms with Crippen LogP contribution < -0.4 is 5.56 Å². The Balaban J connectivity index is 2.49. The average molecular weight is 250 g/mol. The summed E-state index contributed by atoms with van der Waals surface area (Å²) in [6, 6.07) is 2.86. The van der Waals surface area contributed by atoms with Crippen LogP contribution in [-0.2, 0) is 0 Å². The molecule has 0 bridgehead atoms. The number of nitrogens with zero attached hydrogens (tertiary/aromatic N) is 1. The second-order valence-corrected chi connectivity index (χ2v) is 4.87. The Hall–Kier alpha value is -1.49. The highest BCUT2D eigenvalue weighted by atomic mass is 32.1. The Morgan fingerprint density at radius 2 is 2.18 bits per heavy atom. The summed E-state index contributed by atoms with van der Waals surface area (Å²) in [5.74, 6) is -0.389. The zero-order valence-corrected chi connectivity index (χ0v) is 10.1. The fourth-order valence-corrected chi connectivity index (χ4v) is 2.47. The van der Waals surface area contributed by atoms with E-state index in [1.807, 2.05) is 0 Å². The van der Waals surface area contributed by atoms with Crippen LogP contribution in [0.4, 0.5) is 4.39 Å². The van der Waals surface area contributed by atoms with Crippen molar-refractivity contribution in [3.8, 4) is 0 Å². The number of H-pyrrole nitrogens is 1. The minimum absolute atomic E-state index is 0.186. The van der Waals surface area contributed by atoms with Crippen molar-refractivity contribution < 1.29 is 4.39 Å². The van der Waals surface area contributed by atoms with Crippen LogP contribution in [0.25, 0.3) is 10.9 Å². The quantitative estimate of drug-likeness (QED) is 0.790. The average Bonchev–Trinajstić information content (AvgIpc) is 3.04. The van der Waals surface area contributed by atoms with Gasteiger partial charge in [0.2, 0.25) is 0 Å². The van der Waals surface area contributed by atoms with E-state index in [0.717, 1.165) is 12.8 Å². The van der Waals surface area contributed by atoms with Gasteiger partial charge in [-0.1, -0.05) is 0 Å². The number of aryl methyl sites for hydroxylation is 1. The summed E-state index contributed by atoms with van der Waals surface area (Å²) in [5, 5.41) is 0.378. The van der Waals surface area contributed by atoms with Crippen LogP contribution in [0.3, 0.4) is 0 Å². The molecule has 3 nitrogen and oxygen atoms in total. The van der Waals surface area contributed by atoms with Gasteiger partial charge in [-0.15, -0.1) is 0 Å². The molecule has 3 rings (SSSR count). The molecule has 0 radical (unpaired) electrons. The van der Waals surface area contributed by atoms with Gasteiger partial charge in [0.05, 0.1) is 10.9 Å². The van der Waals surface area contributed by atoms with Gasteiger partial charge in [0, 0.05) is 6.04 Å². The SMILES string of the molecule is Cc1cc(F)cc2c(=O)n(C3CC3)c(=S)[nH]c12. The van der Waals surface area contributed by atoms with Gasteiger partial charge >= 0.3 is 0 Å². The van der Waals surface area contributed by atoms with Gasteiger partial charge in [-0.2, -0.15) is 0 Å². The number of aromatic nitrogens is 2. The van der Waals surface area contributed by atoms with Crippen molar-refractivity contribution in [3.63, 3.8) is 0 Å². The first-order chi connectivity index (χ1) is 8.08. The van der Waals surface area contributed by atoms with E-state index in [0.29, 0.717) is 21.2 Å². The molecule has 0 aliphatic heterocycles. The monoisotopic (exact) mass is 250 g/mol. The number of aromatic amines is 1. The van der Waals surface area contributed by atoms with E-state index in [1.165, 1.54) is 12.1 Å². The molecule has 1 fully saturated rings. The lowest BCUT2D eigenvalue weighted by Crippen LogP contribution is -2.21. The first-order valence-corrected chi connectivity index (χ1v) is 5.93. The highest BCUT2D eigenvalue weighted by Crippen LogP contribution is 2.34. The zero-order valence-electron chi connectivity index (χ0n) is 9.29. The largest absolute Gasteiger partial charge is 0.331 e. The molecule has 1 N–H and O–H groups in total. The molecule has 1 saturated carbocycles. The molecule has 1 aromatic heterocycles. The molecule has 5 heteroatoms. The summed E-state index contributed by atoms with van der Waals surface area (Å²) in [5.41, 5.74) is 1.15. The third-order valence-electron chi connectivity index (χ3n) is 3.11. The van der Waals surface area contributed by atoms with Gasteiger partial charge in [-0.3, -0.25) is 9.36 Å². The lowest BCUT2D eigenvalue weighted by Gasteiger charge is -2.08. The maximum atomic E-state index is 13.3. The van der Waals surface area contributed by atoms with Crippen molar-refractivity contribution in [1.29, 1.82) is 0 Å². The minimum Gasteiger partial charge on any atom is -0.331 e. The highest BCUT2D eigenvalue weighted by Gasteiger charge is 2.26. The summed E-state index contributed by atoms with van der Waals surface area (Å²) in [6.45, 7) is 1.76. The zero-order chi connectivity index (χ0) is 12.2. The van der Waals surface area contributed by atoms with Gasteiger partial charge in [-0.05, 0) is 49.7 Å². The van der Waals surface area contributed by atoms with E-state index in [1.54, 1.807) is 11.5 Å². The molecule has 0 atom stereocenters. The Kier molecular flexibility index (Phi) is 2.19. The molecule has 1 heterocycles. The molecular weight excluding hydrogens is 239 g/mol. The fraction of sp³-hybridized carbons (Fsp3) is 0.333. The molecule has 1 aromatic carbocycles. The van der Waals surface area contributed by atoms with Crippen molar-refractivity contribution in [1.82, 2.24) is 9.55 Å². The van der Waals surface area contributed by atoms with Crippen LogP contribution in [0.2, 0.25) is 0 Å². The number of rotatable bonds is 1. The summed E-state index contributed by atoms with van der Waals surface area (Å²) in [6.07, 6.45) is 1.94. The first-order valence-electron chi connectivity index (χ1n) is 5.52. The second kappa shape index (κ2) is 3.50. The van der Waals surface area contributed by atoms with Crippen molar-refractivity contribution in [2.45, 2.75) is 25.8 Å². The Morgan fingerprint density at radius 3 is 2.82 bits per heavy atom. The number of benzene rings is 1. The topological polar surface area (TPSA) is 37.8 Å². The van der Waals surface area contributed by atoms with Crippen LogP contribution >= 0.6 is 12.2 Å².